The molecule has 2 heterocycles. The number of anilines is 3. The molecule has 1 aliphatic heterocycles. The Morgan fingerprint density at radius 1 is 1.00 bits per heavy atom. The predicted octanol–water partition coefficient (Wildman–Crippen LogP) is 3.67. The van der Waals surface area contributed by atoms with Crippen molar-refractivity contribution in [3.8, 4) is 0 Å². The molecule has 0 spiro atoms. The highest BCUT2D eigenvalue weighted by Crippen LogP contribution is 2.39. The third kappa shape index (κ3) is 2.62. The van der Waals surface area contributed by atoms with Crippen LogP contribution in [0.1, 0.15) is 21.0 Å². The highest BCUT2D eigenvalue weighted by atomic mass is 35.5. The van der Waals surface area contributed by atoms with Crippen molar-refractivity contribution in [2.24, 2.45) is 0 Å². The molecule has 1 N–H and O–H groups in total. The van der Waals surface area contributed by atoms with Gasteiger partial charge in [-0.25, -0.2) is 9.97 Å². The molecule has 0 atom stereocenters. The van der Waals surface area contributed by atoms with Crippen molar-refractivity contribution >= 4 is 40.5 Å². The fourth-order valence-electron chi connectivity index (χ4n) is 2.71. The number of hydrogen-bond donors (Lipinski definition) is 1. The lowest BCUT2D eigenvalue weighted by atomic mass is 10.1. The molecule has 0 saturated heterocycles. The fourth-order valence-corrected chi connectivity index (χ4v) is 2.88. The smallest absolute Gasteiger partial charge is 0.300 e. The van der Waals surface area contributed by atoms with Gasteiger partial charge in [-0.3, -0.25) is 14.5 Å². The van der Waals surface area contributed by atoms with Gasteiger partial charge in [-0.05, 0) is 36.4 Å². The number of nitrogens with one attached hydrogen (secondary N) is 1. The molecule has 0 fully saturated rings. The average molecular weight is 351 g/mol. The van der Waals surface area contributed by atoms with Gasteiger partial charge in [-0.15, -0.1) is 0 Å². The van der Waals surface area contributed by atoms with Gasteiger partial charge in [0.15, 0.2) is 0 Å². The monoisotopic (exact) mass is 350 g/mol. The Morgan fingerprint density at radius 3 is 2.56 bits per heavy atom. The van der Waals surface area contributed by atoms with Crippen LogP contribution >= 0.6 is 11.6 Å². The van der Waals surface area contributed by atoms with E-state index in [9.17, 15) is 9.59 Å². The van der Waals surface area contributed by atoms with E-state index in [1.54, 1.807) is 48.5 Å². The number of nitrogens with zero attached hydrogens (tertiary/aromatic N) is 3. The topological polar surface area (TPSA) is 75.2 Å². The van der Waals surface area contributed by atoms with Crippen LogP contribution in [0, 0.1) is 0 Å². The molecule has 122 valence electrons. The third-order valence-corrected chi connectivity index (χ3v) is 4.03. The summed E-state index contributed by atoms with van der Waals surface area (Å²) in [7, 11) is 0. The molecule has 2 amide bonds. The highest BCUT2D eigenvalue weighted by molar-refractivity contribution is 6.31. The summed E-state index contributed by atoms with van der Waals surface area (Å²) in [6.45, 7) is 0. The van der Waals surface area contributed by atoms with Crippen LogP contribution in [-0.2, 0) is 0 Å². The van der Waals surface area contributed by atoms with Crippen LogP contribution in [0.2, 0.25) is 5.02 Å². The molecular weight excluding hydrogens is 340 g/mol. The summed E-state index contributed by atoms with van der Waals surface area (Å²) in [6.07, 6.45) is 2.99. The molecule has 2 aromatic carbocycles. The Hall–Kier alpha value is -3.25. The normalized spacial score (nSPS) is 12.7. The molecular formula is C18H11ClN4O2. The van der Waals surface area contributed by atoms with E-state index in [2.05, 4.69) is 15.3 Å². The summed E-state index contributed by atoms with van der Waals surface area (Å²) in [4.78, 5) is 35.2. The average Bonchev–Trinajstić information content (AvgIpc) is 2.76. The van der Waals surface area contributed by atoms with Crippen molar-refractivity contribution in [2.75, 3.05) is 10.2 Å². The van der Waals surface area contributed by atoms with E-state index in [0.29, 0.717) is 27.6 Å². The molecule has 7 heteroatoms. The largest absolute Gasteiger partial charge is 0.320 e. The number of fused-ring (bicyclic) bond motifs is 2. The van der Waals surface area contributed by atoms with E-state index in [1.807, 2.05) is 0 Å². The van der Waals surface area contributed by atoms with Crippen LogP contribution in [0.25, 0.3) is 0 Å². The van der Waals surface area contributed by atoms with Crippen LogP contribution in [0.5, 0.6) is 0 Å². The van der Waals surface area contributed by atoms with Gasteiger partial charge in [-0.2, -0.15) is 0 Å². The molecule has 0 unspecified atom stereocenters. The van der Waals surface area contributed by atoms with Gasteiger partial charge in [0.1, 0.15) is 0 Å². The molecule has 0 bridgehead atoms. The number of amides is 2. The van der Waals surface area contributed by atoms with E-state index < -0.39 is 5.91 Å². The second-order valence-electron chi connectivity index (χ2n) is 5.35. The lowest BCUT2D eigenvalue weighted by molar-refractivity contribution is 0.0989. The lowest BCUT2D eigenvalue weighted by Crippen LogP contribution is -2.28. The zero-order chi connectivity index (χ0) is 17.4. The Bertz CT molecular complexity index is 991. The van der Waals surface area contributed by atoms with E-state index in [4.69, 9.17) is 11.6 Å². The summed E-state index contributed by atoms with van der Waals surface area (Å²) < 4.78 is 0. The van der Waals surface area contributed by atoms with E-state index in [0.717, 1.165) is 0 Å². The zero-order valence-corrected chi connectivity index (χ0v) is 13.6. The first kappa shape index (κ1) is 15.3. The molecule has 3 aromatic rings. The van der Waals surface area contributed by atoms with Crippen molar-refractivity contribution in [3.05, 3.63) is 77.3 Å². The summed E-state index contributed by atoms with van der Waals surface area (Å²) >= 11 is 6.05. The lowest BCUT2D eigenvalue weighted by Gasteiger charge is -2.23. The van der Waals surface area contributed by atoms with Crippen LogP contribution < -0.4 is 10.2 Å². The minimum absolute atomic E-state index is 0.0348. The molecule has 6 nitrogen and oxygen atoms in total. The first-order chi connectivity index (χ1) is 12.1. The SMILES string of the molecule is O=C1Nc2cc(Cl)ccc2N(C(=O)c2ncccn2)c2ccccc21. The molecule has 4 rings (SSSR count). The number of rotatable bonds is 1. The first-order valence-electron chi connectivity index (χ1n) is 7.46. The third-order valence-electron chi connectivity index (χ3n) is 3.80. The van der Waals surface area contributed by atoms with E-state index in [1.165, 1.54) is 17.3 Å². The molecule has 1 aliphatic rings. The maximum Gasteiger partial charge on any atom is 0.300 e. The number of hydrogen-bond acceptors (Lipinski definition) is 4. The quantitative estimate of drug-likeness (QED) is 0.726. The number of benzene rings is 2. The number of halogens is 1. The maximum absolute atomic E-state index is 13.1. The number of carbonyl (C=O) groups excluding carboxylic acids is 2. The van der Waals surface area contributed by atoms with Gasteiger partial charge in [0.2, 0.25) is 5.82 Å². The Balaban J connectivity index is 1.97. The van der Waals surface area contributed by atoms with Gasteiger partial charge in [0, 0.05) is 17.4 Å². The first-order valence-corrected chi connectivity index (χ1v) is 7.84. The van der Waals surface area contributed by atoms with Gasteiger partial charge >= 0.3 is 5.91 Å². The Kier molecular flexibility index (Phi) is 3.66. The van der Waals surface area contributed by atoms with E-state index >= 15 is 0 Å². The van der Waals surface area contributed by atoms with Crippen LogP contribution in [-0.4, -0.2) is 21.8 Å². The van der Waals surface area contributed by atoms with Crippen molar-refractivity contribution in [3.63, 3.8) is 0 Å². The second kappa shape index (κ2) is 5.99. The molecule has 0 radical (unpaired) electrons. The van der Waals surface area contributed by atoms with Crippen molar-refractivity contribution < 1.29 is 9.59 Å². The highest BCUT2D eigenvalue weighted by Gasteiger charge is 2.31. The predicted molar refractivity (Wildman–Crippen MR) is 94.3 cm³/mol. The number of carbonyl (C=O) groups is 2. The maximum atomic E-state index is 13.1. The van der Waals surface area contributed by atoms with E-state index in [-0.39, 0.29) is 11.7 Å². The standard InChI is InChI=1S/C18H11ClN4O2/c19-11-6-7-15-13(10-11)22-17(24)12-4-1-2-5-14(12)23(15)18(25)16-20-8-3-9-21-16/h1-10H,(H,22,24). The van der Waals surface area contributed by atoms with Gasteiger partial charge in [-0.1, -0.05) is 23.7 Å². The molecule has 25 heavy (non-hydrogen) atoms. The van der Waals surface area contributed by atoms with Crippen molar-refractivity contribution in [1.29, 1.82) is 0 Å². The van der Waals surface area contributed by atoms with Gasteiger partial charge in [0.25, 0.3) is 5.91 Å². The molecule has 0 saturated carbocycles. The summed E-state index contributed by atoms with van der Waals surface area (Å²) in [6, 6.07) is 13.4. The van der Waals surface area contributed by atoms with Gasteiger partial charge in [0.05, 0.1) is 22.6 Å². The zero-order valence-electron chi connectivity index (χ0n) is 12.8. The van der Waals surface area contributed by atoms with Crippen molar-refractivity contribution in [1.82, 2.24) is 9.97 Å². The van der Waals surface area contributed by atoms with Crippen LogP contribution in [0.3, 0.4) is 0 Å². The summed E-state index contributed by atoms with van der Waals surface area (Å²) in [5.74, 6) is -0.718. The Labute approximate surface area is 148 Å². The fraction of sp³-hybridized carbons (Fsp3) is 0. The van der Waals surface area contributed by atoms with Crippen molar-refractivity contribution in [2.45, 2.75) is 0 Å². The number of para-hydroxylation sites is 1. The summed E-state index contributed by atoms with van der Waals surface area (Å²) in [5, 5.41) is 3.25. The Morgan fingerprint density at radius 2 is 1.76 bits per heavy atom. The minimum Gasteiger partial charge on any atom is -0.320 e. The van der Waals surface area contributed by atoms with Gasteiger partial charge < -0.3 is 5.32 Å². The minimum atomic E-state index is -0.437. The molecule has 0 aliphatic carbocycles. The van der Waals surface area contributed by atoms with Crippen LogP contribution in [0.15, 0.2) is 60.9 Å². The molecule has 1 aromatic heterocycles. The number of aromatic nitrogens is 2. The summed E-state index contributed by atoms with van der Waals surface area (Å²) in [5.41, 5.74) is 1.77. The van der Waals surface area contributed by atoms with Crippen LogP contribution in [0.4, 0.5) is 17.1 Å². The second-order valence-corrected chi connectivity index (χ2v) is 5.78.